The molecule has 3 nitrogen and oxygen atoms in total. The summed E-state index contributed by atoms with van der Waals surface area (Å²) in [4.78, 5) is 11.4. The molecule has 0 spiro atoms. The molecule has 0 saturated heterocycles. The van der Waals surface area contributed by atoms with Gasteiger partial charge in [-0.15, -0.1) is 0 Å². The minimum absolute atomic E-state index is 0.155. The normalized spacial score (nSPS) is 13.9. The van der Waals surface area contributed by atoms with Crippen molar-refractivity contribution < 1.29 is 22.6 Å². The van der Waals surface area contributed by atoms with Crippen LogP contribution in [0.5, 0.6) is 0 Å². The zero-order valence-corrected chi connectivity index (χ0v) is 11.1. The number of halogens is 4. The second kappa shape index (κ2) is 5.64. The first-order valence-corrected chi connectivity index (χ1v) is 6.62. The summed E-state index contributed by atoms with van der Waals surface area (Å²) in [6, 6.07) is 3.29. The minimum Gasteiger partial charge on any atom is -0.430 e. The lowest BCUT2D eigenvalue weighted by molar-refractivity contribution is -0.105. The second-order valence-corrected chi connectivity index (χ2v) is 5.20. The van der Waals surface area contributed by atoms with Gasteiger partial charge in [0.25, 0.3) is 5.24 Å². The van der Waals surface area contributed by atoms with Crippen LogP contribution in [0.1, 0.15) is 5.56 Å². The molecule has 1 aromatic rings. The number of carbonyl (C=O) groups excluding carboxylic acids is 1. The highest BCUT2D eigenvalue weighted by Gasteiger charge is 2.29. The number of amides is 1. The Hall–Kier alpha value is -0.855. The molecule has 1 amide bonds. The summed E-state index contributed by atoms with van der Waals surface area (Å²) >= 11 is 6.22. The van der Waals surface area contributed by atoms with Crippen molar-refractivity contribution in [1.82, 2.24) is 0 Å². The molecule has 0 aliphatic carbocycles. The van der Waals surface area contributed by atoms with Gasteiger partial charge >= 0.3 is 13.7 Å². The summed E-state index contributed by atoms with van der Waals surface area (Å²) in [6.07, 6.45) is -4.38. The summed E-state index contributed by atoms with van der Waals surface area (Å²) < 4.78 is 41.1. The molecular formula is C10H8BClF3NO2S. The highest BCUT2D eigenvalue weighted by atomic mass is 35.5. The lowest BCUT2D eigenvalue weighted by Crippen LogP contribution is -2.18. The van der Waals surface area contributed by atoms with Gasteiger partial charge in [0.1, 0.15) is 0 Å². The maximum atomic E-state index is 12.0. The van der Waals surface area contributed by atoms with E-state index in [1.807, 2.05) is 0 Å². The van der Waals surface area contributed by atoms with E-state index in [0.29, 0.717) is 24.8 Å². The Kier molecular flexibility index (Phi) is 4.32. The molecule has 1 aliphatic heterocycles. The molecule has 102 valence electrons. The van der Waals surface area contributed by atoms with Crippen LogP contribution < -0.4 is 10.8 Å². The number of hydrogen-bond donors (Lipinski definition) is 1. The Morgan fingerprint density at radius 2 is 2.26 bits per heavy atom. The fourth-order valence-electron chi connectivity index (χ4n) is 1.61. The summed E-state index contributed by atoms with van der Waals surface area (Å²) in [7, 11) is 0.341. The van der Waals surface area contributed by atoms with Crippen LogP contribution in [0.3, 0.4) is 0 Å². The monoisotopic (exact) mass is 309 g/mol. The number of thioether (sulfide) groups is 1. The molecular weight excluding hydrogens is 301 g/mol. The van der Waals surface area contributed by atoms with Crippen LogP contribution in [0.2, 0.25) is 5.02 Å². The lowest BCUT2D eigenvalue weighted by Gasteiger charge is -2.10. The van der Waals surface area contributed by atoms with Crippen LogP contribution in [0.25, 0.3) is 0 Å². The number of rotatable bonds is 2. The van der Waals surface area contributed by atoms with E-state index in [1.165, 1.54) is 0 Å². The first-order valence-electron chi connectivity index (χ1n) is 5.25. The van der Waals surface area contributed by atoms with Crippen molar-refractivity contribution in [2.24, 2.45) is 0 Å². The average molecular weight is 310 g/mol. The zero-order chi connectivity index (χ0) is 14.0. The number of anilines is 1. The smallest absolute Gasteiger partial charge is 0.398 e. The largest absolute Gasteiger partial charge is 0.430 e. The van der Waals surface area contributed by atoms with E-state index in [4.69, 9.17) is 16.3 Å². The quantitative estimate of drug-likeness (QED) is 0.854. The molecule has 19 heavy (non-hydrogen) atoms. The van der Waals surface area contributed by atoms with Crippen molar-refractivity contribution in [2.75, 3.05) is 11.1 Å². The molecule has 1 aliphatic rings. The molecule has 1 heterocycles. The Morgan fingerprint density at radius 3 is 2.95 bits per heavy atom. The highest BCUT2D eigenvalue weighted by molar-refractivity contribution is 8.13. The molecule has 1 aromatic carbocycles. The van der Waals surface area contributed by atoms with E-state index >= 15 is 0 Å². The van der Waals surface area contributed by atoms with Crippen LogP contribution in [-0.2, 0) is 11.3 Å². The van der Waals surface area contributed by atoms with E-state index < -0.39 is 17.2 Å². The lowest BCUT2D eigenvalue weighted by atomic mass is 9.87. The van der Waals surface area contributed by atoms with E-state index in [2.05, 4.69) is 5.32 Å². The van der Waals surface area contributed by atoms with E-state index in [0.717, 1.165) is 11.0 Å². The molecule has 0 unspecified atom stereocenters. The third kappa shape index (κ3) is 3.81. The van der Waals surface area contributed by atoms with Gasteiger partial charge in [0.2, 0.25) is 0 Å². The number of benzene rings is 1. The molecule has 0 bridgehead atoms. The van der Waals surface area contributed by atoms with Gasteiger partial charge in [0, 0.05) is 0 Å². The number of fused-ring (bicyclic) bond motifs is 1. The van der Waals surface area contributed by atoms with Gasteiger partial charge in [0.15, 0.2) is 0 Å². The van der Waals surface area contributed by atoms with Crippen molar-refractivity contribution in [3.63, 3.8) is 0 Å². The van der Waals surface area contributed by atoms with Gasteiger partial charge in [-0.2, -0.15) is 13.2 Å². The third-order valence-electron chi connectivity index (χ3n) is 2.45. The van der Waals surface area contributed by atoms with Gasteiger partial charge in [-0.1, -0.05) is 29.4 Å². The SMILES string of the molecule is O=C(Nc1ccc2c(c1Cl)BOC2)SCC(F)(F)F. The van der Waals surface area contributed by atoms with Crippen molar-refractivity contribution >= 4 is 47.2 Å². The first kappa shape index (κ1) is 14.6. The van der Waals surface area contributed by atoms with Crippen molar-refractivity contribution in [2.45, 2.75) is 12.8 Å². The Balaban J connectivity index is 2.02. The summed E-state index contributed by atoms with van der Waals surface area (Å²) in [6.45, 7) is 0.450. The fourth-order valence-corrected chi connectivity index (χ4v) is 2.37. The third-order valence-corrected chi connectivity index (χ3v) is 3.72. The van der Waals surface area contributed by atoms with Crippen LogP contribution in [0.4, 0.5) is 23.7 Å². The fraction of sp³-hybridized carbons (Fsp3) is 0.300. The van der Waals surface area contributed by atoms with E-state index in [9.17, 15) is 18.0 Å². The van der Waals surface area contributed by atoms with Crippen molar-refractivity contribution in [1.29, 1.82) is 0 Å². The van der Waals surface area contributed by atoms with Crippen molar-refractivity contribution in [3.05, 3.63) is 22.7 Å². The molecule has 9 heteroatoms. The summed E-state index contributed by atoms with van der Waals surface area (Å²) in [5.74, 6) is -1.23. The van der Waals surface area contributed by atoms with E-state index in [1.54, 1.807) is 12.1 Å². The molecule has 2 rings (SSSR count). The number of carbonyl (C=O) groups is 1. The van der Waals surface area contributed by atoms with Crippen LogP contribution in [0, 0.1) is 0 Å². The number of hydrogen-bond acceptors (Lipinski definition) is 3. The van der Waals surface area contributed by atoms with E-state index in [-0.39, 0.29) is 11.8 Å². The Morgan fingerprint density at radius 1 is 1.53 bits per heavy atom. The van der Waals surface area contributed by atoms with Gasteiger partial charge in [0.05, 0.1) is 23.1 Å². The molecule has 0 saturated carbocycles. The second-order valence-electron chi connectivity index (χ2n) is 3.87. The van der Waals surface area contributed by atoms with Crippen molar-refractivity contribution in [3.8, 4) is 0 Å². The predicted molar refractivity (Wildman–Crippen MR) is 70.6 cm³/mol. The maximum Gasteiger partial charge on any atom is 0.398 e. The number of alkyl halides is 3. The molecule has 1 N–H and O–H groups in total. The molecule has 0 fully saturated rings. The average Bonchev–Trinajstić information content (AvgIpc) is 2.78. The minimum atomic E-state index is -4.38. The number of nitrogens with one attached hydrogen (secondary N) is 1. The van der Waals surface area contributed by atoms with Crippen LogP contribution in [-0.4, -0.2) is 24.7 Å². The van der Waals surface area contributed by atoms with Gasteiger partial charge in [-0.3, -0.25) is 4.79 Å². The molecule has 0 aromatic heterocycles. The standard InChI is InChI=1S/C10H8BClF3NO2S/c12-8-6(2-1-5-3-18-11-7(5)8)16-9(17)19-4-10(13,14)15/h1-2,11H,3-4H2,(H,16,17). The zero-order valence-electron chi connectivity index (χ0n) is 9.51. The summed E-state index contributed by atoms with van der Waals surface area (Å²) in [5, 5.41) is 1.87. The predicted octanol–water partition coefficient (Wildman–Crippen LogP) is 2.67. The van der Waals surface area contributed by atoms with Gasteiger partial charge in [-0.05, 0) is 17.1 Å². The maximum absolute atomic E-state index is 12.0. The summed E-state index contributed by atoms with van der Waals surface area (Å²) in [5.41, 5.74) is 1.98. The molecule has 0 radical (unpaired) electrons. The van der Waals surface area contributed by atoms with Crippen LogP contribution in [0.15, 0.2) is 12.1 Å². The van der Waals surface area contributed by atoms with Gasteiger partial charge < -0.3 is 9.97 Å². The Bertz CT molecular complexity index is 512. The first-order chi connectivity index (χ1) is 8.87. The molecule has 0 atom stereocenters. The van der Waals surface area contributed by atoms with Crippen LogP contribution >= 0.6 is 23.4 Å². The topological polar surface area (TPSA) is 38.3 Å². The Labute approximate surface area is 117 Å². The van der Waals surface area contributed by atoms with Gasteiger partial charge in [-0.25, -0.2) is 0 Å². The highest BCUT2D eigenvalue weighted by Crippen LogP contribution is 2.26.